The second-order valence-electron chi connectivity index (χ2n) is 10.1. The minimum absolute atomic E-state index is 0.136. The summed E-state index contributed by atoms with van der Waals surface area (Å²) in [4.78, 5) is 35.4. The molecule has 6 nitrogen and oxygen atoms in total. The smallest absolute Gasteiger partial charge is 0.258 e. The lowest BCUT2D eigenvalue weighted by Gasteiger charge is -2.31. The minimum Gasteiger partial charge on any atom is -0.358 e. The lowest BCUT2D eigenvalue weighted by atomic mass is 9.84. The summed E-state index contributed by atoms with van der Waals surface area (Å²) in [6.45, 7) is 12.4. The molecule has 0 spiro atoms. The molecule has 0 saturated heterocycles. The third-order valence-corrected chi connectivity index (χ3v) is 5.70. The van der Waals surface area contributed by atoms with Crippen LogP contribution < -0.4 is 11.3 Å². The molecule has 2 atom stereocenters. The highest BCUT2D eigenvalue weighted by Gasteiger charge is 2.26. The number of hydrogen-bond donors (Lipinski definition) is 2. The number of carbonyl (C=O) groups excluding carboxylic acids is 1. The molecule has 1 aromatic heterocycles. The second kappa shape index (κ2) is 11.4. The summed E-state index contributed by atoms with van der Waals surface area (Å²) in [6, 6.07) is 7.05. The Bertz CT molecular complexity index is 900. The maximum absolute atomic E-state index is 13.3. The molecule has 0 bridgehead atoms. The number of carbonyl (C=O) groups is 1. The number of aromatic nitrogens is 2. The van der Waals surface area contributed by atoms with Crippen molar-refractivity contribution in [2.45, 2.75) is 79.2 Å². The van der Waals surface area contributed by atoms with Gasteiger partial charge in [0, 0.05) is 13.0 Å². The van der Waals surface area contributed by atoms with Crippen molar-refractivity contribution in [3.05, 3.63) is 40.4 Å². The fourth-order valence-electron chi connectivity index (χ4n) is 4.33. The number of rotatable bonds is 11. The molecule has 2 aromatic rings. The largest absolute Gasteiger partial charge is 0.358 e. The summed E-state index contributed by atoms with van der Waals surface area (Å²) in [5, 5.41) is 0.573. The predicted octanol–water partition coefficient (Wildman–Crippen LogP) is 4.08. The van der Waals surface area contributed by atoms with E-state index in [4.69, 9.17) is 0 Å². The highest BCUT2D eigenvalue weighted by Crippen LogP contribution is 2.28. The first-order valence-corrected chi connectivity index (χ1v) is 11.7. The summed E-state index contributed by atoms with van der Waals surface area (Å²) < 4.78 is 0. The SMILES string of the molecule is C[C@@H](CC(=O)N(CCCCCC[NH3+])[C@H](C)c1nc2ccccc2c(=O)[nH]1)CC(C)(C)C. The standard InChI is InChI=1S/C25H40N4O2/c1-18(17-25(3,4)5)16-22(30)29(15-11-7-6-10-14-26)19(2)23-27-21-13-9-8-12-20(21)24(31)28-23/h8-9,12-13,18-19H,6-7,10-11,14-17,26H2,1-5H3,(H,27,28,31)/p+1/t18-,19+/m0/s1. The molecule has 0 aliphatic heterocycles. The van der Waals surface area contributed by atoms with Crippen LogP contribution in [-0.4, -0.2) is 33.9 Å². The average molecular weight is 430 g/mol. The fraction of sp³-hybridized carbons (Fsp3) is 0.640. The molecule has 1 heterocycles. The van der Waals surface area contributed by atoms with Crippen LogP contribution in [0.5, 0.6) is 0 Å². The lowest BCUT2D eigenvalue weighted by molar-refractivity contribution is -0.368. The third-order valence-electron chi connectivity index (χ3n) is 5.70. The van der Waals surface area contributed by atoms with E-state index in [1.165, 1.54) is 0 Å². The summed E-state index contributed by atoms with van der Waals surface area (Å²) in [7, 11) is 0. The zero-order chi connectivity index (χ0) is 23.0. The molecular weight excluding hydrogens is 388 g/mol. The highest BCUT2D eigenvalue weighted by molar-refractivity contribution is 5.78. The Kier molecular flexibility index (Phi) is 9.23. The number of para-hydroxylation sites is 1. The monoisotopic (exact) mass is 429 g/mol. The quantitative estimate of drug-likeness (QED) is 0.527. The molecule has 0 fully saturated rings. The maximum atomic E-state index is 13.3. The van der Waals surface area contributed by atoms with Crippen LogP contribution in [0.1, 0.15) is 85.0 Å². The summed E-state index contributed by atoms with van der Waals surface area (Å²) >= 11 is 0. The van der Waals surface area contributed by atoms with Gasteiger partial charge in [0.25, 0.3) is 5.56 Å². The number of fused-ring (bicyclic) bond motifs is 1. The summed E-state index contributed by atoms with van der Waals surface area (Å²) in [5.41, 5.74) is 4.60. The molecule has 0 aliphatic rings. The van der Waals surface area contributed by atoms with E-state index in [0.717, 1.165) is 38.6 Å². The Labute approximate surface area is 186 Å². The van der Waals surface area contributed by atoms with Gasteiger partial charge in [-0.25, -0.2) is 4.98 Å². The maximum Gasteiger partial charge on any atom is 0.258 e. The molecule has 31 heavy (non-hydrogen) atoms. The topological polar surface area (TPSA) is 93.7 Å². The van der Waals surface area contributed by atoms with Crippen LogP contribution in [0.25, 0.3) is 10.9 Å². The molecule has 2 rings (SSSR count). The van der Waals surface area contributed by atoms with Crippen LogP contribution in [0, 0.1) is 11.3 Å². The van der Waals surface area contributed by atoms with Crippen LogP contribution >= 0.6 is 0 Å². The molecule has 0 saturated carbocycles. The van der Waals surface area contributed by atoms with Crippen molar-refractivity contribution < 1.29 is 10.5 Å². The van der Waals surface area contributed by atoms with Gasteiger partial charge in [-0.2, -0.15) is 0 Å². The number of nitrogens with zero attached hydrogens (tertiary/aromatic N) is 2. The first-order valence-electron chi connectivity index (χ1n) is 11.7. The number of unbranched alkanes of at least 4 members (excludes halogenated alkanes) is 3. The van der Waals surface area contributed by atoms with Gasteiger partial charge in [0.1, 0.15) is 5.82 Å². The van der Waals surface area contributed by atoms with Crippen LogP contribution in [0.2, 0.25) is 0 Å². The predicted molar refractivity (Wildman–Crippen MR) is 127 cm³/mol. The van der Waals surface area contributed by atoms with E-state index in [1.54, 1.807) is 6.07 Å². The fourth-order valence-corrected chi connectivity index (χ4v) is 4.33. The van der Waals surface area contributed by atoms with Crippen LogP contribution in [0.4, 0.5) is 0 Å². The molecule has 1 aromatic carbocycles. The van der Waals surface area contributed by atoms with E-state index in [2.05, 4.69) is 43.4 Å². The Morgan fingerprint density at radius 2 is 1.81 bits per heavy atom. The number of aromatic amines is 1. The zero-order valence-electron chi connectivity index (χ0n) is 20.0. The van der Waals surface area contributed by atoms with Crippen LogP contribution in [-0.2, 0) is 4.79 Å². The minimum atomic E-state index is -0.278. The summed E-state index contributed by atoms with van der Waals surface area (Å²) in [6.07, 6.45) is 5.78. The zero-order valence-corrected chi connectivity index (χ0v) is 20.0. The average Bonchev–Trinajstić information content (AvgIpc) is 2.68. The highest BCUT2D eigenvalue weighted by atomic mass is 16.2. The Balaban J connectivity index is 2.21. The lowest BCUT2D eigenvalue weighted by Crippen LogP contribution is -2.50. The molecule has 0 unspecified atom stereocenters. The van der Waals surface area contributed by atoms with Crippen molar-refractivity contribution in [1.82, 2.24) is 14.9 Å². The van der Waals surface area contributed by atoms with Gasteiger partial charge in [-0.05, 0) is 56.1 Å². The van der Waals surface area contributed by atoms with Gasteiger partial charge in [-0.15, -0.1) is 0 Å². The number of quaternary nitrogens is 1. The van der Waals surface area contributed by atoms with Crippen molar-refractivity contribution in [3.8, 4) is 0 Å². The van der Waals surface area contributed by atoms with Gasteiger partial charge < -0.3 is 15.6 Å². The van der Waals surface area contributed by atoms with E-state index >= 15 is 0 Å². The molecule has 172 valence electrons. The Morgan fingerprint density at radius 3 is 2.48 bits per heavy atom. The number of nitrogens with one attached hydrogen (secondary N) is 1. The molecule has 1 amide bonds. The number of H-pyrrole nitrogens is 1. The first-order chi connectivity index (χ1) is 14.6. The van der Waals surface area contributed by atoms with Crippen LogP contribution in [0.3, 0.4) is 0 Å². The van der Waals surface area contributed by atoms with Gasteiger partial charge >= 0.3 is 0 Å². The summed E-state index contributed by atoms with van der Waals surface area (Å²) in [5.74, 6) is 0.993. The van der Waals surface area contributed by atoms with Crippen molar-refractivity contribution in [2.24, 2.45) is 11.3 Å². The van der Waals surface area contributed by atoms with Gasteiger partial charge in [-0.1, -0.05) is 46.2 Å². The van der Waals surface area contributed by atoms with Crippen LogP contribution in [0.15, 0.2) is 29.1 Å². The van der Waals surface area contributed by atoms with Crippen molar-refractivity contribution in [1.29, 1.82) is 0 Å². The van der Waals surface area contributed by atoms with Gasteiger partial charge in [-0.3, -0.25) is 9.59 Å². The number of hydrogen-bond acceptors (Lipinski definition) is 3. The van der Waals surface area contributed by atoms with Crippen molar-refractivity contribution >= 4 is 16.8 Å². The molecular formula is C25H41N4O2+. The Morgan fingerprint density at radius 1 is 1.13 bits per heavy atom. The van der Waals surface area contributed by atoms with E-state index < -0.39 is 0 Å². The number of amides is 1. The van der Waals surface area contributed by atoms with Crippen molar-refractivity contribution in [2.75, 3.05) is 13.1 Å². The van der Waals surface area contributed by atoms with Crippen molar-refractivity contribution in [3.63, 3.8) is 0 Å². The molecule has 4 N–H and O–H groups in total. The molecule has 0 aliphatic carbocycles. The Hall–Kier alpha value is -2.21. The molecule has 6 heteroatoms. The van der Waals surface area contributed by atoms with E-state index in [-0.39, 0.29) is 22.9 Å². The van der Waals surface area contributed by atoms with Gasteiger partial charge in [0.15, 0.2) is 0 Å². The normalized spacial score (nSPS) is 13.9. The first kappa shape index (κ1) is 25.1. The van der Waals surface area contributed by atoms with Gasteiger partial charge in [0.2, 0.25) is 5.91 Å². The van der Waals surface area contributed by atoms with E-state index in [1.807, 2.05) is 30.0 Å². The molecule has 0 radical (unpaired) electrons. The number of benzene rings is 1. The van der Waals surface area contributed by atoms with Gasteiger partial charge in [0.05, 0.1) is 23.5 Å². The third kappa shape index (κ3) is 7.76. The van der Waals surface area contributed by atoms with E-state index in [0.29, 0.717) is 35.6 Å². The van der Waals surface area contributed by atoms with E-state index in [9.17, 15) is 9.59 Å². The second-order valence-corrected chi connectivity index (χ2v) is 10.1.